The Balaban J connectivity index is 1.34. The van der Waals surface area contributed by atoms with Crippen molar-refractivity contribution >= 4 is 27.3 Å². The zero-order valence-electron chi connectivity index (χ0n) is 18.8. The second-order valence-corrected chi connectivity index (χ2v) is 11.7. The lowest BCUT2D eigenvalue weighted by Crippen LogP contribution is -2.37. The van der Waals surface area contributed by atoms with Crippen molar-refractivity contribution in [2.75, 3.05) is 26.7 Å². The van der Waals surface area contributed by atoms with Crippen LogP contribution in [0.4, 0.5) is 0 Å². The van der Waals surface area contributed by atoms with Crippen LogP contribution in [0.25, 0.3) is 0 Å². The van der Waals surface area contributed by atoms with Crippen LogP contribution in [0.2, 0.25) is 0 Å². The van der Waals surface area contributed by atoms with Crippen LogP contribution in [-0.4, -0.2) is 56.3 Å². The fourth-order valence-electron chi connectivity index (χ4n) is 4.80. The van der Waals surface area contributed by atoms with Gasteiger partial charge < -0.3 is 10.2 Å². The van der Waals surface area contributed by atoms with Crippen molar-refractivity contribution in [2.45, 2.75) is 62.4 Å². The van der Waals surface area contributed by atoms with Crippen molar-refractivity contribution in [3.8, 4) is 0 Å². The molecule has 1 N–H and O–H groups in total. The number of amides is 1. The summed E-state index contributed by atoms with van der Waals surface area (Å²) in [6.45, 7) is 2.27. The summed E-state index contributed by atoms with van der Waals surface area (Å²) in [6.07, 6.45) is 8.04. The molecule has 1 aromatic carbocycles. The van der Waals surface area contributed by atoms with Crippen molar-refractivity contribution in [3.05, 3.63) is 51.7 Å². The van der Waals surface area contributed by atoms with Crippen LogP contribution in [-0.2, 0) is 23.0 Å². The Labute approximate surface area is 195 Å². The monoisotopic (exact) mass is 475 g/mol. The fourth-order valence-corrected chi connectivity index (χ4v) is 7.53. The number of nitrogens with one attached hydrogen (secondary N) is 1. The molecule has 174 valence electrons. The van der Waals surface area contributed by atoms with E-state index >= 15 is 0 Å². The number of thiophene rings is 1. The highest BCUT2D eigenvalue weighted by Gasteiger charge is 2.32. The van der Waals surface area contributed by atoms with Gasteiger partial charge in [-0.15, -0.1) is 11.3 Å². The maximum atomic E-state index is 13.3. The second kappa shape index (κ2) is 10.5. The van der Waals surface area contributed by atoms with Gasteiger partial charge in [0.2, 0.25) is 10.0 Å². The van der Waals surface area contributed by atoms with Gasteiger partial charge in [-0.3, -0.25) is 4.79 Å². The third kappa shape index (κ3) is 5.25. The summed E-state index contributed by atoms with van der Waals surface area (Å²) in [6, 6.07) is 10.2. The number of sulfonamides is 1. The zero-order valence-corrected chi connectivity index (χ0v) is 20.4. The van der Waals surface area contributed by atoms with Gasteiger partial charge in [-0.1, -0.05) is 43.5 Å². The first kappa shape index (κ1) is 23.4. The second-order valence-electron chi connectivity index (χ2n) is 8.85. The van der Waals surface area contributed by atoms with Crippen LogP contribution >= 0.6 is 11.3 Å². The Bertz CT molecular complexity index is 1030. The van der Waals surface area contributed by atoms with Crippen LogP contribution in [0.3, 0.4) is 0 Å². The van der Waals surface area contributed by atoms with E-state index in [2.05, 4.69) is 23.3 Å². The molecule has 1 fully saturated rings. The lowest BCUT2D eigenvalue weighted by Gasteiger charge is -2.31. The van der Waals surface area contributed by atoms with Gasteiger partial charge in [-0.25, -0.2) is 8.42 Å². The molecule has 8 heteroatoms. The smallest absolute Gasteiger partial charge is 0.262 e. The number of fused-ring (bicyclic) bond motifs is 1. The highest BCUT2D eigenvalue weighted by Crippen LogP contribution is 2.29. The van der Waals surface area contributed by atoms with Crippen molar-refractivity contribution in [1.29, 1.82) is 0 Å². The average Bonchev–Trinajstić information content (AvgIpc) is 3.33. The van der Waals surface area contributed by atoms with Crippen molar-refractivity contribution in [3.63, 3.8) is 0 Å². The van der Waals surface area contributed by atoms with Gasteiger partial charge >= 0.3 is 0 Å². The summed E-state index contributed by atoms with van der Waals surface area (Å²) < 4.78 is 28.1. The van der Waals surface area contributed by atoms with E-state index in [0.717, 1.165) is 18.5 Å². The topological polar surface area (TPSA) is 69.7 Å². The minimum Gasteiger partial charge on any atom is -0.351 e. The van der Waals surface area contributed by atoms with Crippen LogP contribution in [0.1, 0.15) is 59.3 Å². The minimum atomic E-state index is -3.72. The van der Waals surface area contributed by atoms with E-state index in [4.69, 9.17) is 0 Å². The number of carbonyl (C=O) groups excluding carboxylic acids is 1. The van der Waals surface area contributed by atoms with Crippen molar-refractivity contribution in [2.24, 2.45) is 0 Å². The Morgan fingerprint density at radius 3 is 2.69 bits per heavy atom. The maximum absolute atomic E-state index is 13.3. The molecule has 32 heavy (non-hydrogen) atoms. The van der Waals surface area contributed by atoms with Crippen LogP contribution in [0, 0.1) is 0 Å². The van der Waals surface area contributed by atoms with Crippen LogP contribution in [0.5, 0.6) is 0 Å². The number of nitrogens with zero attached hydrogens (tertiary/aromatic N) is 2. The number of benzene rings is 1. The summed E-state index contributed by atoms with van der Waals surface area (Å²) >= 11 is 1.19. The van der Waals surface area contributed by atoms with Crippen molar-refractivity contribution < 1.29 is 13.2 Å². The molecule has 0 saturated heterocycles. The average molecular weight is 476 g/mol. The first-order chi connectivity index (χ1) is 15.5. The Morgan fingerprint density at radius 1 is 1.16 bits per heavy atom. The number of rotatable bonds is 8. The molecule has 1 aliphatic heterocycles. The Morgan fingerprint density at radius 2 is 1.91 bits per heavy atom. The summed E-state index contributed by atoms with van der Waals surface area (Å²) in [7, 11) is -1.56. The molecule has 2 aromatic rings. The first-order valence-corrected chi connectivity index (χ1v) is 13.9. The molecular weight excluding hydrogens is 442 g/mol. The summed E-state index contributed by atoms with van der Waals surface area (Å²) in [5.74, 6) is -0.295. The van der Waals surface area contributed by atoms with E-state index in [1.54, 1.807) is 11.4 Å². The Kier molecular flexibility index (Phi) is 7.66. The third-order valence-electron chi connectivity index (χ3n) is 6.72. The molecule has 1 amide bonds. The molecule has 6 nitrogen and oxygen atoms in total. The van der Waals surface area contributed by atoms with Gasteiger partial charge in [0.1, 0.15) is 9.77 Å². The normalized spacial score (nSPS) is 17.9. The number of hydrogen-bond donors (Lipinski definition) is 1. The van der Waals surface area contributed by atoms with Gasteiger partial charge in [0.05, 0.1) is 0 Å². The molecule has 2 heterocycles. The van der Waals surface area contributed by atoms with E-state index < -0.39 is 10.0 Å². The van der Waals surface area contributed by atoms with Crippen molar-refractivity contribution in [1.82, 2.24) is 14.5 Å². The molecule has 1 aromatic heterocycles. The molecule has 2 aliphatic rings. The molecule has 0 unspecified atom stereocenters. The standard InChI is InChI=1S/C24H33N3O3S2/c1-26(21-10-3-2-4-11-21)15-7-14-25-24(28)23-22(13-17-31-23)32(29,30)27-16-12-19-8-5-6-9-20(19)18-27/h5-6,8-9,13,17,21H,2-4,7,10-12,14-16,18H2,1H3,(H,25,28). The molecule has 0 spiro atoms. The van der Waals surface area contributed by atoms with Crippen LogP contribution < -0.4 is 5.32 Å². The van der Waals surface area contributed by atoms with E-state index in [9.17, 15) is 13.2 Å². The van der Waals surface area contributed by atoms with Gasteiger partial charge in [0.15, 0.2) is 0 Å². The van der Waals surface area contributed by atoms with E-state index in [-0.39, 0.29) is 15.7 Å². The predicted molar refractivity (Wildman–Crippen MR) is 129 cm³/mol. The third-order valence-corrected chi connectivity index (χ3v) is 9.65. The first-order valence-electron chi connectivity index (χ1n) is 11.6. The van der Waals surface area contributed by atoms with Gasteiger partial charge in [-0.2, -0.15) is 4.31 Å². The maximum Gasteiger partial charge on any atom is 0.262 e. The van der Waals surface area contributed by atoms with Gasteiger partial charge in [0, 0.05) is 25.7 Å². The zero-order chi connectivity index (χ0) is 22.6. The molecule has 1 saturated carbocycles. The Hall–Kier alpha value is -1.74. The highest BCUT2D eigenvalue weighted by atomic mass is 32.2. The van der Waals surface area contributed by atoms with Crippen LogP contribution in [0.15, 0.2) is 40.6 Å². The molecule has 0 radical (unpaired) electrons. The van der Waals surface area contributed by atoms with E-state index in [1.807, 2.05) is 18.2 Å². The SMILES string of the molecule is CN(CCCNC(=O)c1sccc1S(=O)(=O)N1CCc2ccccc2C1)C1CCCCC1. The molecule has 4 rings (SSSR count). The summed E-state index contributed by atoms with van der Waals surface area (Å²) in [4.78, 5) is 15.6. The molecular formula is C24H33N3O3S2. The lowest BCUT2D eigenvalue weighted by atomic mass is 9.94. The fraction of sp³-hybridized carbons (Fsp3) is 0.542. The minimum absolute atomic E-state index is 0.124. The van der Waals surface area contributed by atoms with Gasteiger partial charge in [0.25, 0.3) is 5.91 Å². The largest absolute Gasteiger partial charge is 0.351 e. The quantitative estimate of drug-likeness (QED) is 0.589. The predicted octanol–water partition coefficient (Wildman–Crippen LogP) is 3.88. The summed E-state index contributed by atoms with van der Waals surface area (Å²) in [5.41, 5.74) is 2.23. The van der Waals surface area contributed by atoms with E-state index in [0.29, 0.717) is 32.1 Å². The molecule has 0 atom stereocenters. The lowest BCUT2D eigenvalue weighted by molar-refractivity contribution is 0.0951. The molecule has 0 bridgehead atoms. The van der Waals surface area contributed by atoms with Gasteiger partial charge in [-0.05, 0) is 61.8 Å². The molecule has 1 aliphatic carbocycles. The number of carbonyl (C=O) groups is 1. The summed E-state index contributed by atoms with van der Waals surface area (Å²) in [5, 5.41) is 4.63. The highest BCUT2D eigenvalue weighted by molar-refractivity contribution is 7.89. The number of hydrogen-bond acceptors (Lipinski definition) is 5. The van der Waals surface area contributed by atoms with E-state index in [1.165, 1.54) is 53.3 Å².